The molecule has 0 aliphatic carbocycles. The van der Waals surface area contributed by atoms with E-state index in [0.29, 0.717) is 43.7 Å². The number of amides is 2. The van der Waals surface area contributed by atoms with Crippen molar-refractivity contribution in [2.75, 3.05) is 33.0 Å². The molecule has 0 spiro atoms. The summed E-state index contributed by atoms with van der Waals surface area (Å²) >= 11 is 4.53. The number of hydrogen-bond donors (Lipinski definition) is 0. The molecule has 4 heterocycles. The van der Waals surface area contributed by atoms with Crippen molar-refractivity contribution < 1.29 is 38.1 Å². The van der Waals surface area contributed by atoms with Crippen LogP contribution in [0.3, 0.4) is 0 Å². The standard InChI is InChI=1S/C46H67NO8S3/c1-4-7-10-13-16-19-22-27-52-45(50)54-29-24-35-31-37(56-33-35)41-39-40(44(49)47(43(39)48)26-21-18-15-12-9-6-3)42(58-41)38-32-36(34-57-38)25-30-55-46(51)53-28-23-20-17-14-11-8-5-2/h31-34H,4-30H2,1-3H3. The predicted molar refractivity (Wildman–Crippen MR) is 238 cm³/mol. The van der Waals surface area contributed by atoms with Gasteiger partial charge in [0.1, 0.15) is 0 Å². The molecule has 0 aromatic carbocycles. The van der Waals surface area contributed by atoms with Crippen LogP contribution >= 0.6 is 34.0 Å². The topological polar surface area (TPSA) is 108 Å². The summed E-state index contributed by atoms with van der Waals surface area (Å²) in [6.07, 6.45) is 22.2. The molecule has 0 saturated heterocycles. The van der Waals surface area contributed by atoms with Gasteiger partial charge in [-0.15, -0.1) is 34.0 Å². The Morgan fingerprint density at radius 1 is 0.500 bits per heavy atom. The molecule has 1 aliphatic rings. The molecule has 3 aromatic rings. The maximum Gasteiger partial charge on any atom is 0.508 e. The van der Waals surface area contributed by atoms with Crippen molar-refractivity contribution in [2.24, 2.45) is 0 Å². The van der Waals surface area contributed by atoms with Crippen molar-refractivity contribution in [3.05, 3.63) is 45.1 Å². The van der Waals surface area contributed by atoms with E-state index in [0.717, 1.165) is 94.8 Å². The third kappa shape index (κ3) is 15.8. The van der Waals surface area contributed by atoms with Crippen LogP contribution in [0.1, 0.15) is 181 Å². The van der Waals surface area contributed by atoms with E-state index in [9.17, 15) is 19.2 Å². The van der Waals surface area contributed by atoms with Crippen molar-refractivity contribution in [3.8, 4) is 19.5 Å². The molecule has 9 nitrogen and oxygen atoms in total. The van der Waals surface area contributed by atoms with Crippen molar-refractivity contribution in [1.82, 2.24) is 4.90 Å². The van der Waals surface area contributed by atoms with Crippen LogP contribution in [0, 0.1) is 0 Å². The van der Waals surface area contributed by atoms with E-state index >= 15 is 0 Å². The first-order valence-electron chi connectivity index (χ1n) is 22.1. The van der Waals surface area contributed by atoms with Gasteiger partial charge in [0.15, 0.2) is 0 Å². The molecule has 3 aromatic heterocycles. The molecular weight excluding hydrogens is 791 g/mol. The summed E-state index contributed by atoms with van der Waals surface area (Å²) in [5.41, 5.74) is 2.94. The molecule has 2 amide bonds. The summed E-state index contributed by atoms with van der Waals surface area (Å²) in [5, 5.41) is 4.04. The lowest BCUT2D eigenvalue weighted by molar-refractivity contribution is 0.0539. The predicted octanol–water partition coefficient (Wildman–Crippen LogP) is 14.1. The molecule has 0 atom stereocenters. The molecule has 0 saturated carbocycles. The number of carbonyl (C=O) groups excluding carboxylic acids is 4. The second-order valence-corrected chi connectivity index (χ2v) is 18.2. The van der Waals surface area contributed by atoms with Gasteiger partial charge in [-0.1, -0.05) is 130 Å². The molecule has 58 heavy (non-hydrogen) atoms. The highest BCUT2D eigenvalue weighted by atomic mass is 32.1. The van der Waals surface area contributed by atoms with E-state index in [1.165, 1.54) is 103 Å². The molecule has 0 bridgehead atoms. The Kier molecular flexibility index (Phi) is 22.5. The molecule has 12 heteroatoms. The molecule has 0 N–H and O–H groups in total. The zero-order chi connectivity index (χ0) is 41.4. The molecular formula is C46H67NO8S3. The summed E-state index contributed by atoms with van der Waals surface area (Å²) in [6.45, 7) is 8.15. The van der Waals surface area contributed by atoms with E-state index in [1.54, 1.807) is 0 Å². The fraction of sp³-hybridized carbons (Fsp3) is 0.652. The minimum atomic E-state index is -0.641. The maximum absolute atomic E-state index is 14.0. The van der Waals surface area contributed by atoms with Gasteiger partial charge in [0.05, 0.1) is 47.3 Å². The first-order valence-corrected chi connectivity index (χ1v) is 24.7. The van der Waals surface area contributed by atoms with Gasteiger partial charge in [-0.3, -0.25) is 14.5 Å². The number of fused-ring (bicyclic) bond motifs is 1. The van der Waals surface area contributed by atoms with Crippen LogP contribution in [0.15, 0.2) is 22.9 Å². The second kappa shape index (κ2) is 27.5. The largest absolute Gasteiger partial charge is 0.508 e. The van der Waals surface area contributed by atoms with Gasteiger partial charge in [-0.2, -0.15) is 0 Å². The number of thiophene rings is 3. The van der Waals surface area contributed by atoms with Crippen LogP contribution in [-0.2, 0) is 31.8 Å². The molecule has 322 valence electrons. The van der Waals surface area contributed by atoms with Crippen molar-refractivity contribution in [1.29, 1.82) is 0 Å². The quantitative estimate of drug-likeness (QED) is 0.0357. The van der Waals surface area contributed by atoms with Crippen LogP contribution in [0.5, 0.6) is 0 Å². The number of ether oxygens (including phenoxy) is 4. The first-order chi connectivity index (χ1) is 28.4. The minimum Gasteiger partial charge on any atom is -0.434 e. The highest BCUT2D eigenvalue weighted by molar-refractivity contribution is 7.26. The number of nitrogens with zero attached hydrogens (tertiary/aromatic N) is 1. The normalized spacial score (nSPS) is 12.4. The van der Waals surface area contributed by atoms with E-state index in [1.807, 2.05) is 22.9 Å². The highest BCUT2D eigenvalue weighted by Crippen LogP contribution is 2.49. The average molecular weight is 858 g/mol. The third-order valence-electron chi connectivity index (χ3n) is 10.5. The number of carbonyl (C=O) groups is 4. The van der Waals surface area contributed by atoms with Crippen LogP contribution in [-0.4, -0.2) is 62.0 Å². The van der Waals surface area contributed by atoms with Crippen LogP contribution in [0.2, 0.25) is 0 Å². The second-order valence-electron chi connectivity index (χ2n) is 15.3. The summed E-state index contributed by atoms with van der Waals surface area (Å²) in [6, 6.07) is 4.07. The average Bonchev–Trinajstić information content (AvgIpc) is 4.02. The van der Waals surface area contributed by atoms with Crippen molar-refractivity contribution >= 4 is 58.1 Å². The van der Waals surface area contributed by atoms with Gasteiger partial charge in [-0.25, -0.2) is 9.59 Å². The SMILES string of the molecule is CCCCCCCCCOC(=O)OCCc1csc(-c2sc(-c3cc(CCOC(=O)OCCCCCCCCC)cs3)c3c2C(=O)N(CCCCCCCC)C3=O)c1. The lowest BCUT2D eigenvalue weighted by atomic mass is 10.1. The fourth-order valence-corrected chi connectivity index (χ4v) is 10.5. The molecule has 4 rings (SSSR count). The third-order valence-corrected chi connectivity index (χ3v) is 14.0. The minimum absolute atomic E-state index is 0.196. The van der Waals surface area contributed by atoms with E-state index < -0.39 is 12.3 Å². The number of unbranched alkanes of at least 4 members (excludes halogenated alkanes) is 17. The molecule has 0 radical (unpaired) electrons. The zero-order valence-corrected chi connectivity index (χ0v) is 37.8. The first kappa shape index (κ1) is 47.5. The van der Waals surface area contributed by atoms with Crippen LogP contribution < -0.4 is 0 Å². The van der Waals surface area contributed by atoms with Crippen LogP contribution in [0.4, 0.5) is 9.59 Å². The Morgan fingerprint density at radius 2 is 0.862 bits per heavy atom. The number of rotatable bonds is 31. The van der Waals surface area contributed by atoms with Gasteiger partial charge in [0.25, 0.3) is 11.8 Å². The smallest absolute Gasteiger partial charge is 0.434 e. The Morgan fingerprint density at radius 3 is 1.28 bits per heavy atom. The fourth-order valence-electron chi connectivity index (χ4n) is 7.07. The summed E-state index contributed by atoms with van der Waals surface area (Å²) < 4.78 is 21.3. The summed E-state index contributed by atoms with van der Waals surface area (Å²) in [4.78, 5) is 57.2. The van der Waals surface area contributed by atoms with E-state index in [2.05, 4.69) is 20.8 Å². The summed E-state index contributed by atoms with van der Waals surface area (Å²) in [5.74, 6) is -0.457. The number of imide groups is 1. The lowest BCUT2D eigenvalue weighted by Gasteiger charge is -2.14. The monoisotopic (exact) mass is 857 g/mol. The van der Waals surface area contributed by atoms with E-state index in [4.69, 9.17) is 18.9 Å². The van der Waals surface area contributed by atoms with Gasteiger partial charge in [0.2, 0.25) is 0 Å². The van der Waals surface area contributed by atoms with Gasteiger partial charge < -0.3 is 18.9 Å². The maximum atomic E-state index is 14.0. The Bertz CT molecular complexity index is 1570. The lowest BCUT2D eigenvalue weighted by Crippen LogP contribution is -2.31. The number of hydrogen-bond acceptors (Lipinski definition) is 11. The van der Waals surface area contributed by atoms with Crippen LogP contribution in [0.25, 0.3) is 19.5 Å². The molecule has 0 fully saturated rings. The Hall–Kier alpha value is -3.22. The molecule has 0 unspecified atom stereocenters. The van der Waals surface area contributed by atoms with Gasteiger partial charge >= 0.3 is 12.3 Å². The van der Waals surface area contributed by atoms with Crippen molar-refractivity contribution in [3.63, 3.8) is 0 Å². The van der Waals surface area contributed by atoms with Crippen molar-refractivity contribution in [2.45, 2.75) is 162 Å². The zero-order valence-electron chi connectivity index (χ0n) is 35.3. The van der Waals surface area contributed by atoms with E-state index in [-0.39, 0.29) is 25.0 Å². The summed E-state index contributed by atoms with van der Waals surface area (Å²) in [7, 11) is 0. The Balaban J connectivity index is 1.34. The molecule has 1 aliphatic heterocycles. The Labute approximate surface area is 359 Å². The van der Waals surface area contributed by atoms with Gasteiger partial charge in [-0.05, 0) is 53.3 Å². The van der Waals surface area contributed by atoms with Gasteiger partial charge in [0, 0.05) is 29.1 Å². The highest BCUT2D eigenvalue weighted by Gasteiger charge is 2.42.